The lowest BCUT2D eigenvalue weighted by Gasteiger charge is -2.07. The molecule has 4 rings (SSSR count). The van der Waals surface area contributed by atoms with Gasteiger partial charge in [-0.05, 0) is 41.5 Å². The van der Waals surface area contributed by atoms with Gasteiger partial charge in [-0.2, -0.15) is 10.2 Å². The third-order valence-electron chi connectivity index (χ3n) is 4.55. The number of halogens is 1. The van der Waals surface area contributed by atoms with Gasteiger partial charge in [0.05, 0.1) is 44.0 Å². The number of benzene rings is 2. The molecule has 7 nitrogen and oxygen atoms in total. The lowest BCUT2D eigenvalue weighted by Crippen LogP contribution is -2.18. The highest BCUT2D eigenvalue weighted by atomic mass is 35.5. The van der Waals surface area contributed by atoms with Gasteiger partial charge in [-0.15, -0.1) is 0 Å². The fourth-order valence-electron chi connectivity index (χ4n) is 3.08. The van der Waals surface area contributed by atoms with Gasteiger partial charge >= 0.3 is 0 Å². The van der Waals surface area contributed by atoms with E-state index < -0.39 is 0 Å². The summed E-state index contributed by atoms with van der Waals surface area (Å²) in [4.78, 5) is 0. The third-order valence-corrected chi connectivity index (χ3v) is 5.12. The van der Waals surface area contributed by atoms with Crippen molar-refractivity contribution in [2.75, 3.05) is 17.7 Å². The molecule has 0 bridgehead atoms. The molecule has 0 unspecified atom stereocenters. The lowest BCUT2D eigenvalue weighted by molar-refractivity contribution is 0.414. The molecule has 0 fully saturated rings. The molecule has 4 aromatic rings. The summed E-state index contributed by atoms with van der Waals surface area (Å²) in [6, 6.07) is 15.6. The zero-order valence-corrected chi connectivity index (χ0v) is 18.4. The van der Waals surface area contributed by atoms with Crippen LogP contribution in [-0.4, -0.2) is 31.8 Å². The molecule has 0 radical (unpaired) electrons. The summed E-state index contributed by atoms with van der Waals surface area (Å²) >= 11 is 11.6. The number of hydrogen-bond donors (Lipinski definition) is 2. The maximum absolute atomic E-state index is 6.22. The molecule has 0 spiro atoms. The first kappa shape index (κ1) is 20.9. The Labute approximate surface area is 190 Å². The zero-order chi connectivity index (χ0) is 21.6. The van der Waals surface area contributed by atoms with Gasteiger partial charge in [0.2, 0.25) is 0 Å². The van der Waals surface area contributed by atoms with Gasteiger partial charge in [0.1, 0.15) is 5.75 Å². The summed E-state index contributed by atoms with van der Waals surface area (Å²) in [7, 11) is 1.66. The van der Waals surface area contributed by atoms with Gasteiger partial charge < -0.3 is 15.4 Å². The van der Waals surface area contributed by atoms with Gasteiger partial charge in [-0.1, -0.05) is 41.9 Å². The molecule has 0 aliphatic carbocycles. The second kappa shape index (κ2) is 9.63. The van der Waals surface area contributed by atoms with Crippen LogP contribution in [-0.2, 0) is 13.1 Å². The molecule has 0 saturated carbocycles. The summed E-state index contributed by atoms with van der Waals surface area (Å²) in [5.41, 5.74) is 3.68. The van der Waals surface area contributed by atoms with Crippen molar-refractivity contribution in [1.82, 2.24) is 19.6 Å². The van der Waals surface area contributed by atoms with Gasteiger partial charge in [-0.25, -0.2) is 0 Å². The van der Waals surface area contributed by atoms with Crippen LogP contribution in [0, 0.1) is 0 Å². The number of methoxy groups -OCH3 is 1. The molecule has 9 heteroatoms. The molecule has 0 aliphatic rings. The zero-order valence-electron chi connectivity index (χ0n) is 16.8. The molecule has 0 atom stereocenters. The van der Waals surface area contributed by atoms with Crippen LogP contribution in [0.3, 0.4) is 0 Å². The summed E-state index contributed by atoms with van der Waals surface area (Å²) in [5.74, 6) is 0.823. The number of rotatable bonds is 7. The Morgan fingerprint density at radius 3 is 2.32 bits per heavy atom. The maximum atomic E-state index is 6.22. The van der Waals surface area contributed by atoms with Crippen LogP contribution in [0.25, 0.3) is 0 Å². The normalized spacial score (nSPS) is 10.6. The second-order valence-electron chi connectivity index (χ2n) is 6.88. The number of nitrogens with zero attached hydrogens (tertiary/aromatic N) is 4. The summed E-state index contributed by atoms with van der Waals surface area (Å²) in [5, 5.41) is 16.2. The minimum atomic E-state index is 0.457. The van der Waals surface area contributed by atoms with E-state index in [0.717, 1.165) is 33.3 Å². The number of thiocarbonyl (C=S) groups is 1. The van der Waals surface area contributed by atoms with Gasteiger partial charge in [-0.3, -0.25) is 9.36 Å². The molecule has 2 aromatic heterocycles. The third kappa shape index (κ3) is 5.62. The largest absolute Gasteiger partial charge is 0.497 e. The van der Waals surface area contributed by atoms with E-state index in [4.69, 9.17) is 28.6 Å². The minimum Gasteiger partial charge on any atom is -0.497 e. The smallest absolute Gasteiger partial charge is 0.175 e. The highest BCUT2D eigenvalue weighted by molar-refractivity contribution is 7.80. The minimum absolute atomic E-state index is 0.457. The first-order chi connectivity index (χ1) is 15.1. The molecule has 0 amide bonds. The number of nitrogens with one attached hydrogen (secondary N) is 2. The highest BCUT2D eigenvalue weighted by Gasteiger charge is 2.06. The fourth-order valence-corrected chi connectivity index (χ4v) is 3.51. The van der Waals surface area contributed by atoms with Crippen LogP contribution in [0.4, 0.5) is 11.4 Å². The SMILES string of the molecule is COc1cccc(Cn2cc(NC(=S)Nc3cnn(Cc4ccccc4Cl)c3)cn2)c1. The summed E-state index contributed by atoms with van der Waals surface area (Å²) in [6.45, 7) is 1.21. The van der Waals surface area contributed by atoms with E-state index in [-0.39, 0.29) is 0 Å². The topological polar surface area (TPSA) is 68.9 Å². The Morgan fingerprint density at radius 2 is 1.65 bits per heavy atom. The molecule has 2 N–H and O–H groups in total. The number of anilines is 2. The molecule has 0 saturated heterocycles. The van der Waals surface area contributed by atoms with E-state index in [1.807, 2.05) is 65.6 Å². The number of hydrogen-bond acceptors (Lipinski definition) is 4. The lowest BCUT2D eigenvalue weighted by atomic mass is 10.2. The fraction of sp³-hybridized carbons (Fsp3) is 0.136. The van der Waals surface area contributed by atoms with Gasteiger partial charge in [0.25, 0.3) is 0 Å². The summed E-state index contributed by atoms with van der Waals surface area (Å²) in [6.07, 6.45) is 7.23. The van der Waals surface area contributed by atoms with Crippen LogP contribution in [0.2, 0.25) is 5.02 Å². The Bertz CT molecular complexity index is 1190. The first-order valence-corrected chi connectivity index (χ1v) is 10.4. The monoisotopic (exact) mass is 452 g/mol. The van der Waals surface area contributed by atoms with E-state index in [0.29, 0.717) is 18.2 Å². The first-order valence-electron chi connectivity index (χ1n) is 9.58. The number of aromatic nitrogens is 4. The van der Waals surface area contributed by atoms with Crippen molar-refractivity contribution in [1.29, 1.82) is 0 Å². The van der Waals surface area contributed by atoms with Gasteiger partial charge in [0, 0.05) is 17.4 Å². The standard InChI is InChI=1S/C22H21ClN6OS/c1-30-20-7-4-5-16(9-20)12-28-14-18(10-24-28)26-22(31)27-19-11-25-29(15-19)13-17-6-2-3-8-21(17)23/h2-11,14-15H,12-13H2,1H3,(H2,26,27,31). The Balaban J connectivity index is 1.32. The predicted molar refractivity (Wildman–Crippen MR) is 127 cm³/mol. The van der Waals surface area contributed by atoms with E-state index >= 15 is 0 Å². The van der Waals surface area contributed by atoms with E-state index in [2.05, 4.69) is 20.8 Å². The van der Waals surface area contributed by atoms with E-state index in [1.165, 1.54) is 0 Å². The maximum Gasteiger partial charge on any atom is 0.175 e. The predicted octanol–water partition coefficient (Wildman–Crippen LogP) is 4.65. The quantitative estimate of drug-likeness (QED) is 0.398. The highest BCUT2D eigenvalue weighted by Crippen LogP contribution is 2.17. The molecular formula is C22H21ClN6OS. The van der Waals surface area contributed by atoms with Gasteiger partial charge in [0.15, 0.2) is 5.11 Å². The average Bonchev–Trinajstić information content (AvgIpc) is 3.39. The van der Waals surface area contributed by atoms with Crippen molar-refractivity contribution >= 4 is 40.3 Å². The Hall–Kier alpha value is -3.36. The van der Waals surface area contributed by atoms with Crippen LogP contribution < -0.4 is 15.4 Å². The Kier molecular flexibility index (Phi) is 6.49. The molecule has 31 heavy (non-hydrogen) atoms. The van der Waals surface area contributed by atoms with Crippen LogP contribution >= 0.6 is 23.8 Å². The van der Waals surface area contributed by atoms with Crippen molar-refractivity contribution < 1.29 is 4.74 Å². The van der Waals surface area contributed by atoms with Crippen LogP contribution in [0.1, 0.15) is 11.1 Å². The number of ether oxygens (including phenoxy) is 1. The molecule has 2 aromatic carbocycles. The van der Waals surface area contributed by atoms with Crippen LogP contribution in [0.5, 0.6) is 5.75 Å². The Morgan fingerprint density at radius 1 is 0.968 bits per heavy atom. The average molecular weight is 453 g/mol. The van der Waals surface area contributed by atoms with E-state index in [9.17, 15) is 0 Å². The van der Waals surface area contributed by atoms with Crippen LogP contribution in [0.15, 0.2) is 73.3 Å². The summed E-state index contributed by atoms with van der Waals surface area (Å²) < 4.78 is 8.91. The molecule has 0 aliphatic heterocycles. The molecule has 2 heterocycles. The van der Waals surface area contributed by atoms with Crippen molar-refractivity contribution in [3.05, 3.63) is 89.5 Å². The van der Waals surface area contributed by atoms with Crippen molar-refractivity contribution in [3.63, 3.8) is 0 Å². The molecule has 158 valence electrons. The van der Waals surface area contributed by atoms with Crippen molar-refractivity contribution in [3.8, 4) is 5.75 Å². The van der Waals surface area contributed by atoms with Crippen molar-refractivity contribution in [2.45, 2.75) is 13.1 Å². The van der Waals surface area contributed by atoms with E-state index in [1.54, 1.807) is 24.2 Å². The van der Waals surface area contributed by atoms with Crippen molar-refractivity contribution in [2.24, 2.45) is 0 Å². The molecular weight excluding hydrogens is 432 g/mol. The second-order valence-corrected chi connectivity index (χ2v) is 7.69.